The van der Waals surface area contributed by atoms with Gasteiger partial charge >= 0.3 is 0 Å². The third-order valence-electron chi connectivity index (χ3n) is 2.27. The summed E-state index contributed by atoms with van der Waals surface area (Å²) in [5.74, 6) is 0. The van der Waals surface area contributed by atoms with E-state index < -0.39 is 0 Å². The molecule has 0 fully saturated rings. The van der Waals surface area contributed by atoms with Crippen molar-refractivity contribution in [1.82, 2.24) is 4.98 Å². The van der Waals surface area contributed by atoms with Crippen LogP contribution in [0.5, 0.6) is 0 Å². The molecule has 0 spiro atoms. The van der Waals surface area contributed by atoms with E-state index in [2.05, 4.69) is 24.0 Å². The van der Waals surface area contributed by atoms with E-state index in [1.807, 2.05) is 32.2 Å². The number of fused-ring (bicyclic) bond motifs is 1. The molecule has 1 heterocycles. The fraction of sp³-hybridized carbons (Fsp3) is 0.308. The van der Waals surface area contributed by atoms with Gasteiger partial charge in [0.05, 0.1) is 12.5 Å². The molecule has 2 aromatic rings. The molecule has 0 aliphatic heterocycles. The Kier molecular flexibility index (Phi) is 3.93. The summed E-state index contributed by atoms with van der Waals surface area (Å²) in [6, 6.07) is 8.29. The minimum Gasteiger partial charge on any atom is -0.361 e. The largest absolute Gasteiger partial charge is 0.361 e. The Balaban J connectivity index is 0.000000531. The quantitative estimate of drug-likeness (QED) is 0.751. The van der Waals surface area contributed by atoms with Crippen LogP contribution in [0.1, 0.15) is 25.0 Å². The maximum atomic E-state index is 8.62. The van der Waals surface area contributed by atoms with Gasteiger partial charge in [-0.25, -0.2) is 0 Å². The minimum absolute atomic E-state index is 0.477. The van der Waals surface area contributed by atoms with Crippen LogP contribution in [0.25, 0.3) is 10.9 Å². The van der Waals surface area contributed by atoms with Crippen molar-refractivity contribution in [2.75, 3.05) is 0 Å². The number of rotatable bonds is 1. The van der Waals surface area contributed by atoms with E-state index in [1.54, 1.807) is 0 Å². The molecule has 0 unspecified atom stereocenters. The Morgan fingerprint density at radius 3 is 2.73 bits per heavy atom. The van der Waals surface area contributed by atoms with Gasteiger partial charge in [-0.15, -0.1) is 0 Å². The third kappa shape index (κ3) is 2.19. The summed E-state index contributed by atoms with van der Waals surface area (Å²) in [5, 5.41) is 9.82. The van der Waals surface area contributed by atoms with Gasteiger partial charge in [0.25, 0.3) is 0 Å². The zero-order chi connectivity index (χ0) is 11.3. The molecule has 0 aliphatic rings. The zero-order valence-corrected chi connectivity index (χ0v) is 9.46. The van der Waals surface area contributed by atoms with Gasteiger partial charge in [-0.2, -0.15) is 5.26 Å². The van der Waals surface area contributed by atoms with Gasteiger partial charge in [0.1, 0.15) is 0 Å². The first-order valence-electron chi connectivity index (χ1n) is 5.25. The number of hydrogen-bond donors (Lipinski definition) is 1. The molecule has 2 nitrogen and oxygen atoms in total. The highest BCUT2D eigenvalue weighted by Crippen LogP contribution is 2.21. The average molecular weight is 200 g/mol. The van der Waals surface area contributed by atoms with Crippen LogP contribution in [0.3, 0.4) is 0 Å². The fourth-order valence-corrected chi connectivity index (χ4v) is 1.68. The molecule has 0 atom stereocenters. The fourth-order valence-electron chi connectivity index (χ4n) is 1.68. The molecule has 0 aliphatic carbocycles. The summed E-state index contributed by atoms with van der Waals surface area (Å²) in [6.45, 7) is 6.07. The first kappa shape index (κ1) is 11.3. The van der Waals surface area contributed by atoms with E-state index in [4.69, 9.17) is 5.26 Å². The Morgan fingerprint density at radius 2 is 2.07 bits per heavy atom. The molecular formula is C13H16N2. The molecule has 1 aromatic carbocycles. The normalized spacial score (nSPS) is 9.20. The van der Waals surface area contributed by atoms with Gasteiger partial charge in [0.2, 0.25) is 0 Å². The van der Waals surface area contributed by atoms with Gasteiger partial charge in [-0.3, -0.25) is 0 Å². The lowest BCUT2D eigenvalue weighted by Crippen LogP contribution is -1.80. The van der Waals surface area contributed by atoms with Gasteiger partial charge in [-0.05, 0) is 24.1 Å². The number of nitrogens with zero attached hydrogens (tertiary/aromatic N) is 1. The molecule has 1 N–H and O–H groups in total. The van der Waals surface area contributed by atoms with Crippen molar-refractivity contribution >= 4 is 10.9 Å². The number of nitriles is 1. The summed E-state index contributed by atoms with van der Waals surface area (Å²) < 4.78 is 0. The molecule has 0 saturated heterocycles. The maximum Gasteiger partial charge on any atom is 0.0670 e. The molecule has 2 rings (SSSR count). The van der Waals surface area contributed by atoms with E-state index >= 15 is 0 Å². The van der Waals surface area contributed by atoms with Crippen LogP contribution >= 0.6 is 0 Å². The van der Waals surface area contributed by atoms with Crippen molar-refractivity contribution in [3.63, 3.8) is 0 Å². The number of nitrogens with one attached hydrogen (secondary N) is 1. The van der Waals surface area contributed by atoms with Gasteiger partial charge in [0, 0.05) is 17.1 Å². The van der Waals surface area contributed by atoms with Crippen LogP contribution in [-0.4, -0.2) is 4.98 Å². The summed E-state index contributed by atoms with van der Waals surface area (Å²) in [6.07, 6.45) is 2.39. The number of benzene rings is 1. The molecule has 0 radical (unpaired) electrons. The predicted octanol–water partition coefficient (Wildman–Crippen LogP) is 3.57. The Morgan fingerprint density at radius 1 is 1.33 bits per heavy atom. The SMILES string of the molecule is CC.Cc1cccc2[nH]cc(CC#N)c12. The Bertz CT molecular complexity index is 475. The third-order valence-corrected chi connectivity index (χ3v) is 2.27. The van der Waals surface area contributed by atoms with Gasteiger partial charge in [0.15, 0.2) is 0 Å². The van der Waals surface area contributed by atoms with Crippen LogP contribution in [0, 0.1) is 18.3 Å². The monoisotopic (exact) mass is 200 g/mol. The van der Waals surface area contributed by atoms with E-state index in [1.165, 1.54) is 10.9 Å². The maximum absolute atomic E-state index is 8.62. The number of aromatic amines is 1. The van der Waals surface area contributed by atoms with Crippen molar-refractivity contribution in [3.05, 3.63) is 35.5 Å². The standard InChI is InChI=1S/C11H10N2.C2H6/c1-8-3-2-4-10-11(8)9(5-6-12)7-13-10;1-2/h2-4,7,13H,5H2,1H3;1-2H3. The van der Waals surface area contributed by atoms with Crippen LogP contribution in [0.2, 0.25) is 0 Å². The zero-order valence-electron chi connectivity index (χ0n) is 9.46. The number of aryl methyl sites for hydroxylation is 1. The lowest BCUT2D eigenvalue weighted by molar-refractivity contribution is 1.27. The van der Waals surface area contributed by atoms with Crippen molar-refractivity contribution in [3.8, 4) is 6.07 Å². The lowest BCUT2D eigenvalue weighted by atomic mass is 10.1. The molecule has 0 saturated carbocycles. The second kappa shape index (κ2) is 5.21. The van der Waals surface area contributed by atoms with Crippen molar-refractivity contribution in [2.24, 2.45) is 0 Å². The molecule has 0 bridgehead atoms. The van der Waals surface area contributed by atoms with E-state index in [-0.39, 0.29) is 0 Å². The van der Waals surface area contributed by atoms with E-state index in [0.717, 1.165) is 11.1 Å². The molecule has 2 heteroatoms. The van der Waals surface area contributed by atoms with E-state index in [9.17, 15) is 0 Å². The second-order valence-electron chi connectivity index (χ2n) is 3.15. The highest BCUT2D eigenvalue weighted by molar-refractivity contribution is 5.86. The Labute approximate surface area is 90.5 Å². The van der Waals surface area contributed by atoms with E-state index in [0.29, 0.717) is 6.42 Å². The summed E-state index contributed by atoms with van der Waals surface area (Å²) >= 11 is 0. The van der Waals surface area contributed by atoms with Gasteiger partial charge < -0.3 is 4.98 Å². The topological polar surface area (TPSA) is 39.6 Å². The van der Waals surface area contributed by atoms with Crippen LogP contribution in [-0.2, 0) is 6.42 Å². The highest BCUT2D eigenvalue weighted by Gasteiger charge is 2.04. The highest BCUT2D eigenvalue weighted by atomic mass is 14.7. The van der Waals surface area contributed by atoms with Gasteiger partial charge in [-0.1, -0.05) is 26.0 Å². The molecular weight excluding hydrogens is 184 g/mol. The lowest BCUT2D eigenvalue weighted by Gasteiger charge is -1.96. The van der Waals surface area contributed by atoms with Crippen molar-refractivity contribution in [2.45, 2.75) is 27.2 Å². The number of H-pyrrole nitrogens is 1. The first-order valence-corrected chi connectivity index (χ1v) is 5.25. The molecule has 15 heavy (non-hydrogen) atoms. The van der Waals surface area contributed by atoms with Crippen LogP contribution in [0.4, 0.5) is 0 Å². The molecule has 78 valence electrons. The summed E-state index contributed by atoms with van der Waals surface area (Å²) in [5.41, 5.74) is 3.44. The number of aromatic nitrogens is 1. The number of hydrogen-bond acceptors (Lipinski definition) is 1. The van der Waals surface area contributed by atoms with Crippen molar-refractivity contribution in [1.29, 1.82) is 5.26 Å². The van der Waals surface area contributed by atoms with Crippen molar-refractivity contribution < 1.29 is 0 Å². The first-order chi connectivity index (χ1) is 7.33. The minimum atomic E-state index is 0.477. The Hall–Kier alpha value is -1.75. The summed E-state index contributed by atoms with van der Waals surface area (Å²) in [7, 11) is 0. The predicted molar refractivity (Wildman–Crippen MR) is 63.7 cm³/mol. The van der Waals surface area contributed by atoms with Crippen LogP contribution in [0.15, 0.2) is 24.4 Å². The summed E-state index contributed by atoms with van der Waals surface area (Å²) in [4.78, 5) is 3.16. The van der Waals surface area contributed by atoms with Crippen LogP contribution < -0.4 is 0 Å². The smallest absolute Gasteiger partial charge is 0.0670 e. The second-order valence-corrected chi connectivity index (χ2v) is 3.15. The molecule has 0 amide bonds. The molecule has 1 aromatic heterocycles. The average Bonchev–Trinajstić information content (AvgIpc) is 2.67.